The summed E-state index contributed by atoms with van der Waals surface area (Å²) < 4.78 is 23.7. The number of hydrogen-bond acceptors (Lipinski definition) is 5. The van der Waals surface area contributed by atoms with Gasteiger partial charge in [-0.3, -0.25) is 0 Å². The third kappa shape index (κ3) is 5.01. The van der Waals surface area contributed by atoms with Gasteiger partial charge in [-0.15, -0.1) is 0 Å². The van der Waals surface area contributed by atoms with Crippen molar-refractivity contribution in [3.63, 3.8) is 0 Å². The largest absolute Gasteiger partial charge is 0.480 e. The summed E-state index contributed by atoms with van der Waals surface area (Å²) in [6, 6.07) is -1.70. The van der Waals surface area contributed by atoms with E-state index in [2.05, 4.69) is 10.0 Å². The number of sulfonamides is 1. The van der Waals surface area contributed by atoms with Crippen molar-refractivity contribution in [2.24, 2.45) is 0 Å². The first-order valence-corrected chi connectivity index (χ1v) is 7.50. The van der Waals surface area contributed by atoms with Gasteiger partial charge < -0.3 is 20.4 Å². The quantitative estimate of drug-likeness (QED) is 0.424. The van der Waals surface area contributed by atoms with E-state index >= 15 is 0 Å². The Hall–Kier alpha value is -1.39. The monoisotopic (exact) mass is 295 g/mol. The molecule has 0 saturated carbocycles. The lowest BCUT2D eigenvalue weighted by Crippen LogP contribution is -2.47. The van der Waals surface area contributed by atoms with Gasteiger partial charge in [0.1, 0.15) is 6.04 Å². The highest BCUT2D eigenvalue weighted by Gasteiger charge is 2.38. The highest BCUT2D eigenvalue weighted by atomic mass is 32.2. The molecule has 4 N–H and O–H groups in total. The molecule has 9 nitrogen and oxygen atoms in total. The van der Waals surface area contributed by atoms with Gasteiger partial charge in [-0.2, -0.15) is 0 Å². The summed E-state index contributed by atoms with van der Waals surface area (Å²) in [5, 5.41) is 20.7. The minimum atomic E-state index is -3.32. The maximum Gasteiger partial charge on any atom is 0.326 e. The van der Waals surface area contributed by atoms with E-state index in [0.717, 1.165) is 11.2 Å². The van der Waals surface area contributed by atoms with E-state index in [1.165, 1.54) is 0 Å². The summed E-state index contributed by atoms with van der Waals surface area (Å²) in [5.41, 5.74) is 0. The molecule has 0 aliphatic carbocycles. The van der Waals surface area contributed by atoms with Crippen LogP contribution in [0, 0.1) is 0 Å². The van der Waals surface area contributed by atoms with Crippen molar-refractivity contribution in [3.8, 4) is 0 Å². The molecule has 1 fully saturated rings. The van der Waals surface area contributed by atoms with Crippen molar-refractivity contribution in [1.29, 1.82) is 0 Å². The minimum Gasteiger partial charge on any atom is -0.480 e. The second-order valence-corrected chi connectivity index (χ2v) is 6.13. The molecule has 110 valence electrons. The van der Waals surface area contributed by atoms with Gasteiger partial charge in [0.2, 0.25) is 10.0 Å². The maximum absolute atomic E-state index is 11.7. The lowest BCUT2D eigenvalue weighted by Gasteiger charge is -2.21. The molecule has 0 spiro atoms. The van der Waals surface area contributed by atoms with Gasteiger partial charge in [0.25, 0.3) is 0 Å². The zero-order valence-corrected chi connectivity index (χ0v) is 11.2. The second kappa shape index (κ2) is 6.17. The van der Waals surface area contributed by atoms with Crippen molar-refractivity contribution < 1.29 is 28.2 Å². The molecule has 0 unspecified atom stereocenters. The first-order valence-electron chi connectivity index (χ1n) is 5.60. The van der Waals surface area contributed by atoms with Crippen LogP contribution in [-0.2, 0) is 14.8 Å². The standard InChI is InChI=1S/C9H17N3O6S/c1-19(17,18)11-3-2-10-9(16)12-5-6(13)4-7(12)8(14)15/h6-7,11,13H,2-5H2,1H3,(H,10,16)(H,14,15)/t6-,7-/m1/s1. The number of carbonyl (C=O) groups is 2. The number of urea groups is 1. The molecule has 2 atom stereocenters. The van der Waals surface area contributed by atoms with Gasteiger partial charge in [0, 0.05) is 26.1 Å². The van der Waals surface area contributed by atoms with E-state index < -0.39 is 34.2 Å². The number of likely N-dealkylation sites (tertiary alicyclic amines) is 1. The molecule has 0 aromatic heterocycles. The summed E-state index contributed by atoms with van der Waals surface area (Å²) in [7, 11) is -3.32. The fourth-order valence-electron chi connectivity index (χ4n) is 1.78. The lowest BCUT2D eigenvalue weighted by molar-refractivity contribution is -0.141. The molecular formula is C9H17N3O6S. The van der Waals surface area contributed by atoms with Crippen molar-refractivity contribution in [3.05, 3.63) is 0 Å². The number of hydrogen-bond donors (Lipinski definition) is 4. The Morgan fingerprint density at radius 2 is 2.00 bits per heavy atom. The van der Waals surface area contributed by atoms with E-state index in [9.17, 15) is 23.1 Å². The molecule has 10 heteroatoms. The summed E-state index contributed by atoms with van der Waals surface area (Å²) in [4.78, 5) is 23.6. The van der Waals surface area contributed by atoms with Crippen LogP contribution in [0.3, 0.4) is 0 Å². The number of amides is 2. The normalized spacial score (nSPS) is 23.4. The van der Waals surface area contributed by atoms with Crippen LogP contribution < -0.4 is 10.0 Å². The number of nitrogens with zero attached hydrogens (tertiary/aromatic N) is 1. The topological polar surface area (TPSA) is 136 Å². The second-order valence-electron chi connectivity index (χ2n) is 4.29. The van der Waals surface area contributed by atoms with Crippen LogP contribution in [0.25, 0.3) is 0 Å². The van der Waals surface area contributed by atoms with Crippen LogP contribution in [0.15, 0.2) is 0 Å². The van der Waals surface area contributed by atoms with Crippen LogP contribution in [0.1, 0.15) is 6.42 Å². The summed E-state index contributed by atoms with van der Waals surface area (Å²) >= 11 is 0. The highest BCUT2D eigenvalue weighted by Crippen LogP contribution is 2.17. The average Bonchev–Trinajstić information content (AvgIpc) is 2.65. The zero-order chi connectivity index (χ0) is 14.6. The maximum atomic E-state index is 11.7. The molecule has 1 rings (SSSR count). The lowest BCUT2D eigenvalue weighted by atomic mass is 10.2. The molecular weight excluding hydrogens is 278 g/mol. The number of carboxylic acid groups (broad SMARTS) is 1. The molecule has 0 aromatic carbocycles. The molecule has 2 amide bonds. The highest BCUT2D eigenvalue weighted by molar-refractivity contribution is 7.88. The Labute approximate surface area is 110 Å². The first kappa shape index (κ1) is 15.7. The van der Waals surface area contributed by atoms with Gasteiger partial charge in [-0.1, -0.05) is 0 Å². The molecule has 1 aliphatic rings. The van der Waals surface area contributed by atoms with E-state index in [0.29, 0.717) is 0 Å². The Bertz CT molecular complexity index is 451. The van der Waals surface area contributed by atoms with E-state index in [1.807, 2.05) is 0 Å². The van der Waals surface area contributed by atoms with Crippen LogP contribution in [0.4, 0.5) is 4.79 Å². The Kier molecular flexibility index (Phi) is 5.09. The predicted molar refractivity (Wildman–Crippen MR) is 65.0 cm³/mol. The fourth-order valence-corrected chi connectivity index (χ4v) is 2.25. The molecule has 0 radical (unpaired) electrons. The van der Waals surface area contributed by atoms with Crippen molar-refractivity contribution in [1.82, 2.24) is 14.9 Å². The smallest absolute Gasteiger partial charge is 0.326 e. The number of aliphatic hydroxyl groups is 1. The zero-order valence-electron chi connectivity index (χ0n) is 10.4. The Morgan fingerprint density at radius 3 is 2.53 bits per heavy atom. The summed E-state index contributed by atoms with van der Waals surface area (Å²) in [6.45, 7) is -0.00809. The van der Waals surface area contributed by atoms with Gasteiger partial charge in [-0.05, 0) is 0 Å². The average molecular weight is 295 g/mol. The van der Waals surface area contributed by atoms with Gasteiger partial charge >= 0.3 is 12.0 Å². The van der Waals surface area contributed by atoms with Gasteiger partial charge in [0.05, 0.1) is 12.4 Å². The SMILES string of the molecule is CS(=O)(=O)NCCNC(=O)N1C[C@H](O)C[C@@H]1C(=O)O. The minimum absolute atomic E-state index is 0.00958. The van der Waals surface area contributed by atoms with Crippen molar-refractivity contribution in [2.45, 2.75) is 18.6 Å². The van der Waals surface area contributed by atoms with E-state index in [1.54, 1.807) is 0 Å². The number of β-amino-alcohol motifs (C(OH)–C–C–N with tert-alkyl or cyclic N) is 1. The van der Waals surface area contributed by atoms with Crippen molar-refractivity contribution in [2.75, 3.05) is 25.9 Å². The molecule has 1 saturated heterocycles. The third-order valence-corrected chi connectivity index (χ3v) is 3.32. The number of aliphatic hydroxyl groups excluding tert-OH is 1. The van der Waals surface area contributed by atoms with Crippen molar-refractivity contribution >= 4 is 22.0 Å². The molecule has 1 heterocycles. The first-order chi connectivity index (χ1) is 8.70. The predicted octanol–water partition coefficient (Wildman–Crippen LogP) is -2.23. The third-order valence-electron chi connectivity index (χ3n) is 2.59. The number of rotatable bonds is 5. The van der Waals surface area contributed by atoms with E-state index in [4.69, 9.17) is 5.11 Å². The number of carbonyl (C=O) groups excluding carboxylic acids is 1. The summed E-state index contributed by atoms with van der Waals surface area (Å²) in [6.07, 6.45) is 0.122. The van der Waals surface area contributed by atoms with Crippen LogP contribution in [0.5, 0.6) is 0 Å². The fraction of sp³-hybridized carbons (Fsp3) is 0.778. The summed E-state index contributed by atoms with van der Waals surface area (Å²) in [5.74, 6) is -1.18. The van der Waals surface area contributed by atoms with Crippen LogP contribution in [-0.4, -0.2) is 73.6 Å². The molecule has 0 bridgehead atoms. The Morgan fingerprint density at radius 1 is 1.37 bits per heavy atom. The van der Waals surface area contributed by atoms with Gasteiger partial charge in [-0.25, -0.2) is 22.7 Å². The van der Waals surface area contributed by atoms with E-state index in [-0.39, 0.29) is 26.1 Å². The molecule has 19 heavy (non-hydrogen) atoms. The number of aliphatic carboxylic acids is 1. The molecule has 0 aromatic rings. The van der Waals surface area contributed by atoms with Gasteiger partial charge in [0.15, 0.2) is 0 Å². The van der Waals surface area contributed by atoms with Crippen LogP contribution >= 0.6 is 0 Å². The van der Waals surface area contributed by atoms with Crippen LogP contribution in [0.2, 0.25) is 0 Å². The Balaban J connectivity index is 2.42. The molecule has 1 aliphatic heterocycles. The number of nitrogens with one attached hydrogen (secondary N) is 2. The number of carboxylic acids is 1.